The van der Waals surface area contributed by atoms with E-state index in [0.29, 0.717) is 0 Å². The minimum Gasteiger partial charge on any atom is -0.282 e. The highest BCUT2D eigenvalue weighted by atomic mass is 35.5. The van der Waals surface area contributed by atoms with E-state index in [4.69, 9.17) is 4.55 Å². The van der Waals surface area contributed by atoms with Crippen molar-refractivity contribution in [2.75, 3.05) is 0 Å². The molecule has 1 N–H and O–H groups in total. The van der Waals surface area contributed by atoms with Crippen LogP contribution in [0.4, 0.5) is 0 Å². The molecule has 2 aromatic carbocycles. The lowest BCUT2D eigenvalue weighted by molar-refractivity contribution is 0.483. The van der Waals surface area contributed by atoms with Crippen molar-refractivity contribution in [3.63, 3.8) is 0 Å². The lowest BCUT2D eigenvalue weighted by Crippen LogP contribution is -1.97. The summed E-state index contributed by atoms with van der Waals surface area (Å²) in [6.07, 6.45) is 0. The van der Waals surface area contributed by atoms with Crippen LogP contribution in [0.5, 0.6) is 0 Å². The molecule has 0 bridgehead atoms. The molecule has 0 fully saturated rings. The van der Waals surface area contributed by atoms with Crippen molar-refractivity contribution < 1.29 is 13.0 Å². The Kier molecular flexibility index (Phi) is 4.28. The van der Waals surface area contributed by atoms with Crippen LogP contribution in [0.25, 0.3) is 11.1 Å². The van der Waals surface area contributed by atoms with Crippen molar-refractivity contribution in [3.05, 3.63) is 54.6 Å². The van der Waals surface area contributed by atoms with Gasteiger partial charge in [0.1, 0.15) is 0 Å². The number of hydrogen-bond donors (Lipinski definition) is 1. The van der Waals surface area contributed by atoms with Gasteiger partial charge in [0.25, 0.3) is 10.1 Å². The fourth-order valence-electron chi connectivity index (χ4n) is 1.45. The SMILES string of the molecule is Cl.O=S(=O)(O)c1ccc(-c2ccccc2)cc1. The van der Waals surface area contributed by atoms with Crippen LogP contribution >= 0.6 is 12.4 Å². The first-order valence-electron chi connectivity index (χ1n) is 4.70. The van der Waals surface area contributed by atoms with Gasteiger partial charge in [-0.1, -0.05) is 42.5 Å². The number of hydrogen-bond acceptors (Lipinski definition) is 2. The van der Waals surface area contributed by atoms with E-state index in [1.54, 1.807) is 12.1 Å². The number of benzene rings is 2. The van der Waals surface area contributed by atoms with E-state index >= 15 is 0 Å². The standard InChI is InChI=1S/C12H10O3S.ClH/c13-16(14,15)12-8-6-11(7-9-12)10-4-2-1-3-5-10;/h1-9H,(H,13,14,15);1H. The lowest BCUT2D eigenvalue weighted by atomic mass is 10.1. The van der Waals surface area contributed by atoms with Crippen molar-refractivity contribution in [2.24, 2.45) is 0 Å². The van der Waals surface area contributed by atoms with E-state index in [9.17, 15) is 8.42 Å². The highest BCUT2D eigenvalue weighted by Gasteiger charge is 2.08. The van der Waals surface area contributed by atoms with Crippen LogP contribution in [-0.2, 0) is 10.1 Å². The predicted molar refractivity (Wildman–Crippen MR) is 68.9 cm³/mol. The van der Waals surface area contributed by atoms with Crippen molar-refractivity contribution in [1.29, 1.82) is 0 Å². The van der Waals surface area contributed by atoms with E-state index in [1.165, 1.54) is 12.1 Å². The van der Waals surface area contributed by atoms with Crippen LogP contribution in [-0.4, -0.2) is 13.0 Å². The topological polar surface area (TPSA) is 54.4 Å². The quantitative estimate of drug-likeness (QED) is 0.854. The Morgan fingerprint density at radius 2 is 1.24 bits per heavy atom. The van der Waals surface area contributed by atoms with Crippen molar-refractivity contribution in [3.8, 4) is 11.1 Å². The first kappa shape index (κ1) is 13.7. The predicted octanol–water partition coefficient (Wildman–Crippen LogP) is 3.02. The van der Waals surface area contributed by atoms with E-state index in [0.717, 1.165) is 11.1 Å². The molecule has 3 nitrogen and oxygen atoms in total. The highest BCUT2D eigenvalue weighted by Crippen LogP contribution is 2.20. The molecule has 0 heterocycles. The molecular formula is C12H11ClO3S. The molecule has 90 valence electrons. The van der Waals surface area contributed by atoms with Crippen LogP contribution in [0.1, 0.15) is 0 Å². The van der Waals surface area contributed by atoms with Gasteiger partial charge in [-0.2, -0.15) is 8.42 Å². The van der Waals surface area contributed by atoms with Crippen LogP contribution in [0, 0.1) is 0 Å². The van der Waals surface area contributed by atoms with Gasteiger partial charge in [-0.05, 0) is 23.3 Å². The van der Waals surface area contributed by atoms with E-state index in [1.807, 2.05) is 30.3 Å². The van der Waals surface area contributed by atoms with Crippen molar-refractivity contribution in [2.45, 2.75) is 4.90 Å². The maximum Gasteiger partial charge on any atom is 0.294 e. The van der Waals surface area contributed by atoms with Crippen molar-refractivity contribution in [1.82, 2.24) is 0 Å². The summed E-state index contributed by atoms with van der Waals surface area (Å²) in [7, 11) is -4.10. The molecule has 0 spiro atoms. The van der Waals surface area contributed by atoms with Gasteiger partial charge in [-0.25, -0.2) is 0 Å². The third kappa shape index (κ3) is 3.30. The maximum atomic E-state index is 10.8. The molecule has 0 amide bonds. The molecule has 0 saturated heterocycles. The van der Waals surface area contributed by atoms with E-state index in [2.05, 4.69) is 0 Å². The summed E-state index contributed by atoms with van der Waals surface area (Å²) < 4.78 is 30.5. The fraction of sp³-hybridized carbons (Fsp3) is 0. The molecule has 0 aliphatic rings. The molecule has 0 aliphatic heterocycles. The molecule has 2 aromatic rings. The second-order valence-corrected chi connectivity index (χ2v) is 4.79. The Labute approximate surface area is 106 Å². The zero-order valence-electron chi connectivity index (χ0n) is 8.78. The Morgan fingerprint density at radius 1 is 0.765 bits per heavy atom. The Balaban J connectivity index is 0.00000144. The average Bonchev–Trinajstić information content (AvgIpc) is 2.29. The Morgan fingerprint density at radius 3 is 1.71 bits per heavy atom. The summed E-state index contributed by atoms with van der Waals surface area (Å²) >= 11 is 0. The molecule has 0 saturated carbocycles. The maximum absolute atomic E-state index is 10.8. The first-order chi connectivity index (χ1) is 7.57. The molecule has 0 unspecified atom stereocenters. The number of halogens is 1. The van der Waals surface area contributed by atoms with Crippen LogP contribution in [0.3, 0.4) is 0 Å². The van der Waals surface area contributed by atoms with Gasteiger partial charge in [0, 0.05) is 0 Å². The second kappa shape index (κ2) is 5.31. The van der Waals surface area contributed by atoms with Crippen LogP contribution < -0.4 is 0 Å². The van der Waals surface area contributed by atoms with Gasteiger partial charge < -0.3 is 0 Å². The Hall–Kier alpha value is -1.36. The first-order valence-corrected chi connectivity index (χ1v) is 6.14. The Bertz CT molecular complexity index is 577. The summed E-state index contributed by atoms with van der Waals surface area (Å²) in [4.78, 5) is -0.0906. The summed E-state index contributed by atoms with van der Waals surface area (Å²) in [6.45, 7) is 0. The van der Waals surface area contributed by atoms with Gasteiger partial charge >= 0.3 is 0 Å². The van der Waals surface area contributed by atoms with Crippen molar-refractivity contribution >= 4 is 22.5 Å². The number of rotatable bonds is 2. The monoisotopic (exact) mass is 270 g/mol. The second-order valence-electron chi connectivity index (χ2n) is 3.37. The lowest BCUT2D eigenvalue weighted by Gasteiger charge is -2.02. The molecule has 5 heteroatoms. The zero-order chi connectivity index (χ0) is 11.6. The normalized spacial score (nSPS) is 10.6. The summed E-state index contributed by atoms with van der Waals surface area (Å²) in [5.41, 5.74) is 1.91. The summed E-state index contributed by atoms with van der Waals surface area (Å²) in [5, 5.41) is 0. The molecule has 0 aromatic heterocycles. The van der Waals surface area contributed by atoms with Gasteiger partial charge in [0.15, 0.2) is 0 Å². The molecule has 0 atom stereocenters. The highest BCUT2D eigenvalue weighted by molar-refractivity contribution is 7.85. The average molecular weight is 271 g/mol. The smallest absolute Gasteiger partial charge is 0.282 e. The summed E-state index contributed by atoms with van der Waals surface area (Å²) in [5.74, 6) is 0. The van der Waals surface area contributed by atoms with Gasteiger partial charge in [-0.3, -0.25) is 4.55 Å². The van der Waals surface area contributed by atoms with Gasteiger partial charge in [-0.15, -0.1) is 12.4 Å². The van der Waals surface area contributed by atoms with Gasteiger partial charge in [0.2, 0.25) is 0 Å². The molecule has 0 aliphatic carbocycles. The fourth-order valence-corrected chi connectivity index (χ4v) is 1.93. The van der Waals surface area contributed by atoms with E-state index < -0.39 is 10.1 Å². The molecule has 17 heavy (non-hydrogen) atoms. The zero-order valence-corrected chi connectivity index (χ0v) is 10.4. The largest absolute Gasteiger partial charge is 0.294 e. The third-order valence-corrected chi connectivity index (χ3v) is 3.13. The van der Waals surface area contributed by atoms with Crippen LogP contribution in [0.2, 0.25) is 0 Å². The minimum atomic E-state index is -4.10. The summed E-state index contributed by atoms with van der Waals surface area (Å²) in [6, 6.07) is 15.7. The van der Waals surface area contributed by atoms with Crippen LogP contribution in [0.15, 0.2) is 59.5 Å². The molecule has 0 radical (unpaired) electrons. The minimum absolute atomic E-state index is 0. The molecular weight excluding hydrogens is 260 g/mol. The van der Waals surface area contributed by atoms with E-state index in [-0.39, 0.29) is 17.3 Å². The third-order valence-electron chi connectivity index (χ3n) is 2.26. The molecule has 2 rings (SSSR count). The van der Waals surface area contributed by atoms with Gasteiger partial charge in [0.05, 0.1) is 4.90 Å².